The van der Waals surface area contributed by atoms with Gasteiger partial charge in [0, 0.05) is 46.6 Å². The maximum Gasteiger partial charge on any atom is 0.0383 e. The van der Waals surface area contributed by atoms with E-state index in [2.05, 4.69) is 0 Å². The zero-order valence-corrected chi connectivity index (χ0v) is 13.0. The van der Waals surface area contributed by atoms with E-state index in [-0.39, 0.29) is 16.8 Å². The fourth-order valence-electron chi connectivity index (χ4n) is 0. The summed E-state index contributed by atoms with van der Waals surface area (Å²) in [6.07, 6.45) is 0. The Morgan fingerprint density at radius 1 is 0.429 bits per heavy atom. The summed E-state index contributed by atoms with van der Waals surface area (Å²) in [5.74, 6) is -5.42. The van der Waals surface area contributed by atoms with Gasteiger partial charge in [0.1, 0.15) is 0 Å². The first-order valence-corrected chi connectivity index (χ1v) is 4.54. The number of carbonyl (C=O) groups is 5. The van der Waals surface area contributed by atoms with Gasteiger partial charge in [-0.15, -0.1) is 0 Å². The molecule has 0 unspecified atom stereocenters. The van der Waals surface area contributed by atoms with Gasteiger partial charge in [-0.05, 0) is 34.6 Å². The van der Waals surface area contributed by atoms with Crippen molar-refractivity contribution in [1.29, 1.82) is 0 Å². The van der Waals surface area contributed by atoms with E-state index in [9.17, 15) is 0 Å². The summed E-state index contributed by atoms with van der Waals surface area (Å²) in [5.41, 5.74) is 0. The molecule has 11 heteroatoms. The Morgan fingerprint density at radius 2 is 0.429 bits per heavy atom. The molecule has 0 aromatic carbocycles. The molecule has 0 aliphatic carbocycles. The van der Waals surface area contributed by atoms with Gasteiger partial charge in [0.2, 0.25) is 0 Å². The number of aliphatic carboxylic acids is 5. The van der Waals surface area contributed by atoms with Crippen LogP contribution in [0.1, 0.15) is 34.6 Å². The maximum atomic E-state index is 8.89. The molecule has 0 aromatic heterocycles. The minimum Gasteiger partial charge on any atom is -0.550 e. The summed E-state index contributed by atoms with van der Waals surface area (Å²) in [6.45, 7) is 4.86. The molecule has 0 amide bonds. The monoisotopic (exact) mass is 354 g/mol. The van der Waals surface area contributed by atoms with E-state index in [1.54, 1.807) is 0 Å². The van der Waals surface area contributed by atoms with Crippen molar-refractivity contribution in [2.75, 3.05) is 0 Å². The molecule has 1 radical (unpaired) electrons. The number of carboxylic acids is 5. The van der Waals surface area contributed by atoms with Gasteiger partial charge < -0.3 is 49.5 Å². The first-order chi connectivity index (χ1) is 8.66. The predicted molar refractivity (Wildman–Crippen MR) is 53.4 cm³/mol. The van der Waals surface area contributed by atoms with Crippen molar-refractivity contribution in [2.45, 2.75) is 34.6 Å². The van der Waals surface area contributed by atoms with Gasteiger partial charge in [-0.3, -0.25) is 0 Å². The molecule has 21 heavy (non-hydrogen) atoms. The zero-order valence-electron chi connectivity index (χ0n) is 11.9. The minimum absolute atomic E-state index is 0. The van der Waals surface area contributed by atoms with Crippen LogP contribution in [0.15, 0.2) is 0 Å². The molecule has 0 saturated carbocycles. The average Bonchev–Trinajstić information content (AvgIpc) is 1.94. The predicted octanol–water partition coefficient (Wildman–Crippen LogP) is -6.22. The summed E-state index contributed by atoms with van der Waals surface area (Å²) in [7, 11) is 0. The fraction of sp³-hybridized carbons (Fsp3) is 0.500. The van der Waals surface area contributed by atoms with Crippen LogP contribution < -0.4 is 25.5 Å². The SMILES string of the molecule is CC(=O)[O-].CC(=O)[O-].CC(=O)[O-].CC(=O)[O-].CC(=O)[O-].[Co]. The van der Waals surface area contributed by atoms with Crippen LogP contribution >= 0.6 is 0 Å². The summed E-state index contributed by atoms with van der Waals surface area (Å²) in [6, 6.07) is 0. The molecule has 0 aliphatic heterocycles. The third-order valence-electron chi connectivity index (χ3n) is 0. The number of carbonyl (C=O) groups excluding carboxylic acids is 5. The molecule has 0 heterocycles. The smallest absolute Gasteiger partial charge is 0.0383 e. The van der Waals surface area contributed by atoms with Gasteiger partial charge in [0.25, 0.3) is 0 Å². The summed E-state index contributed by atoms with van der Waals surface area (Å²) < 4.78 is 0. The summed E-state index contributed by atoms with van der Waals surface area (Å²) >= 11 is 0. The first-order valence-electron chi connectivity index (χ1n) is 4.54. The topological polar surface area (TPSA) is 201 Å². The second-order valence-corrected chi connectivity index (χ2v) is 2.46. The Labute approximate surface area is 131 Å². The van der Waals surface area contributed by atoms with E-state index in [4.69, 9.17) is 49.5 Å². The quantitative estimate of drug-likeness (QED) is 0.403. The molecule has 0 saturated heterocycles. The molecule has 0 N–H and O–H groups in total. The zero-order chi connectivity index (χ0) is 17.9. The van der Waals surface area contributed by atoms with Crippen LogP contribution in [-0.2, 0) is 40.8 Å². The molecule has 10 nitrogen and oxygen atoms in total. The van der Waals surface area contributed by atoms with E-state index < -0.39 is 29.8 Å². The van der Waals surface area contributed by atoms with E-state index in [1.807, 2.05) is 0 Å². The maximum absolute atomic E-state index is 8.89. The normalized spacial score (nSPS) is 5.95. The van der Waals surface area contributed by atoms with Crippen molar-refractivity contribution < 1.29 is 66.3 Å². The minimum atomic E-state index is -1.08. The Hall–Kier alpha value is -2.14. The van der Waals surface area contributed by atoms with Gasteiger partial charge in [-0.25, -0.2) is 0 Å². The molecule has 0 spiro atoms. The van der Waals surface area contributed by atoms with E-state index >= 15 is 0 Å². The number of rotatable bonds is 0. The largest absolute Gasteiger partial charge is 0.550 e. The molecular formula is C10H15CoO10-5. The van der Waals surface area contributed by atoms with Crippen LogP contribution in [0.5, 0.6) is 0 Å². The third kappa shape index (κ3) is 977. The number of hydrogen-bond acceptors (Lipinski definition) is 10. The van der Waals surface area contributed by atoms with E-state index in [0.717, 1.165) is 34.6 Å². The molecule has 0 aliphatic rings. The summed E-state index contributed by atoms with van der Waals surface area (Å²) in [5, 5.41) is 44.4. The van der Waals surface area contributed by atoms with Crippen LogP contribution in [0.4, 0.5) is 0 Å². The van der Waals surface area contributed by atoms with Crippen molar-refractivity contribution >= 4 is 29.8 Å². The molecule has 0 bridgehead atoms. The van der Waals surface area contributed by atoms with E-state index in [1.165, 1.54) is 0 Å². The van der Waals surface area contributed by atoms with Crippen molar-refractivity contribution in [3.05, 3.63) is 0 Å². The average molecular weight is 354 g/mol. The molecular weight excluding hydrogens is 339 g/mol. The first kappa shape index (κ1) is 36.4. The number of carboxylic acid groups (broad SMARTS) is 5. The van der Waals surface area contributed by atoms with Gasteiger partial charge in [0.15, 0.2) is 0 Å². The molecule has 0 fully saturated rings. The molecule has 0 atom stereocenters. The van der Waals surface area contributed by atoms with Gasteiger partial charge in [-0.1, -0.05) is 0 Å². The second kappa shape index (κ2) is 30.7. The molecule has 0 aromatic rings. The van der Waals surface area contributed by atoms with Crippen molar-refractivity contribution in [3.63, 3.8) is 0 Å². The van der Waals surface area contributed by atoms with Gasteiger partial charge in [-0.2, -0.15) is 0 Å². The Bertz CT molecular complexity index is 211. The number of hydrogen-bond donors (Lipinski definition) is 0. The summed E-state index contributed by atoms with van der Waals surface area (Å²) in [4.78, 5) is 44.4. The Morgan fingerprint density at radius 3 is 0.429 bits per heavy atom. The Kier molecular flexibility index (Phi) is 53.2. The Balaban J connectivity index is -0.0000000331. The van der Waals surface area contributed by atoms with Crippen LogP contribution in [0.2, 0.25) is 0 Å². The standard InChI is InChI=1S/5C2H4O2.Co/c5*1-2(3)4;/h5*1H3,(H,3,4);/p-5. The molecule has 129 valence electrons. The van der Waals surface area contributed by atoms with Crippen molar-refractivity contribution in [1.82, 2.24) is 0 Å². The molecule has 0 rings (SSSR count). The third-order valence-corrected chi connectivity index (χ3v) is 0. The van der Waals surface area contributed by atoms with Gasteiger partial charge >= 0.3 is 0 Å². The second-order valence-electron chi connectivity index (χ2n) is 2.46. The van der Waals surface area contributed by atoms with Crippen LogP contribution in [0, 0.1) is 0 Å². The van der Waals surface area contributed by atoms with Gasteiger partial charge in [0.05, 0.1) is 0 Å². The van der Waals surface area contributed by atoms with Crippen LogP contribution in [0.25, 0.3) is 0 Å². The van der Waals surface area contributed by atoms with E-state index in [0.29, 0.717) is 0 Å². The van der Waals surface area contributed by atoms with Crippen molar-refractivity contribution in [3.8, 4) is 0 Å². The van der Waals surface area contributed by atoms with Crippen molar-refractivity contribution in [2.24, 2.45) is 0 Å². The van der Waals surface area contributed by atoms with Crippen LogP contribution in [0.3, 0.4) is 0 Å². The fourth-order valence-corrected chi connectivity index (χ4v) is 0. The van der Waals surface area contributed by atoms with Crippen LogP contribution in [-0.4, -0.2) is 29.8 Å².